The number of amides is 1. The number of hydrogen-bond acceptors (Lipinski definition) is 4. The van der Waals surface area contributed by atoms with E-state index in [-0.39, 0.29) is 5.91 Å². The molecule has 0 unspecified atom stereocenters. The van der Waals surface area contributed by atoms with Crippen molar-refractivity contribution in [3.8, 4) is 0 Å². The van der Waals surface area contributed by atoms with Gasteiger partial charge in [-0.3, -0.25) is 9.32 Å². The number of carbonyl (C=O) groups is 1. The molecule has 8 heteroatoms. The third kappa shape index (κ3) is 50.3. The predicted molar refractivity (Wildman–Crippen MR) is 269 cm³/mol. The molecular weight excluding hydrogens is 790 g/mol. The van der Waals surface area contributed by atoms with E-state index in [0.29, 0.717) is 6.42 Å². The van der Waals surface area contributed by atoms with Crippen LogP contribution >= 0.6 is 7.82 Å². The lowest BCUT2D eigenvalue weighted by atomic mass is 10.0. The Bertz CT molecular complexity index is 973. The summed E-state index contributed by atoms with van der Waals surface area (Å²) in [7, 11) is -4.71. The molecule has 0 radical (unpaired) electrons. The first-order valence-corrected chi connectivity index (χ1v) is 29.2. The van der Waals surface area contributed by atoms with Gasteiger partial charge in [0.15, 0.2) is 0 Å². The Labute approximate surface area is 386 Å². The lowest BCUT2D eigenvalue weighted by molar-refractivity contribution is -0.123. The summed E-state index contributed by atoms with van der Waals surface area (Å²) < 4.78 is 15.9. The maximum Gasteiger partial charge on any atom is 0.469 e. The second-order valence-corrected chi connectivity index (χ2v) is 20.5. The van der Waals surface area contributed by atoms with Gasteiger partial charge in [-0.05, 0) is 19.3 Å². The first-order chi connectivity index (χ1) is 30.3. The smallest absolute Gasteiger partial charge is 0.387 e. The fraction of sp³-hybridized carbons (Fsp3) is 0.944. The zero-order valence-corrected chi connectivity index (χ0v) is 42.5. The molecule has 7 nitrogen and oxygen atoms in total. The van der Waals surface area contributed by atoms with Crippen molar-refractivity contribution in [3.63, 3.8) is 0 Å². The molecule has 0 bridgehead atoms. The molecule has 370 valence electrons. The van der Waals surface area contributed by atoms with Crippen molar-refractivity contribution in [2.24, 2.45) is 0 Å². The largest absolute Gasteiger partial charge is 0.469 e. The summed E-state index contributed by atoms with van der Waals surface area (Å²) in [6.07, 6.45) is 63.1. The van der Waals surface area contributed by atoms with Crippen LogP contribution in [0.3, 0.4) is 0 Å². The molecule has 0 aliphatic carbocycles. The van der Waals surface area contributed by atoms with Crippen molar-refractivity contribution >= 4 is 13.7 Å². The zero-order valence-electron chi connectivity index (χ0n) is 41.6. The molecule has 0 spiro atoms. The van der Waals surface area contributed by atoms with E-state index in [1.54, 1.807) is 6.08 Å². The zero-order chi connectivity index (χ0) is 45.3. The third-order valence-electron chi connectivity index (χ3n) is 13.0. The molecule has 2 atom stereocenters. The van der Waals surface area contributed by atoms with Gasteiger partial charge in [0.05, 0.1) is 18.8 Å². The van der Waals surface area contributed by atoms with E-state index in [4.69, 9.17) is 0 Å². The molecule has 1 amide bonds. The van der Waals surface area contributed by atoms with Crippen molar-refractivity contribution in [1.29, 1.82) is 0 Å². The molecule has 0 saturated carbocycles. The molecular formula is C54H108NO6P. The van der Waals surface area contributed by atoms with E-state index in [0.717, 1.165) is 38.5 Å². The monoisotopic (exact) mass is 898 g/mol. The van der Waals surface area contributed by atoms with Gasteiger partial charge in [0.25, 0.3) is 0 Å². The number of rotatable bonds is 52. The maximum atomic E-state index is 12.6. The maximum absolute atomic E-state index is 12.6. The summed E-state index contributed by atoms with van der Waals surface area (Å²) >= 11 is 0. The van der Waals surface area contributed by atoms with Crippen LogP contribution in [0.2, 0.25) is 0 Å². The lowest BCUT2D eigenvalue weighted by Gasteiger charge is -2.22. The molecule has 0 fully saturated rings. The Morgan fingerprint density at radius 1 is 0.452 bits per heavy atom. The summed E-state index contributed by atoms with van der Waals surface area (Å²) in [5.41, 5.74) is 0. The van der Waals surface area contributed by atoms with E-state index in [9.17, 15) is 24.3 Å². The van der Waals surface area contributed by atoms with Crippen molar-refractivity contribution in [2.45, 2.75) is 321 Å². The summed E-state index contributed by atoms with van der Waals surface area (Å²) in [5.74, 6) is -0.221. The number of nitrogens with one attached hydrogen (secondary N) is 1. The molecule has 0 aromatic carbocycles. The van der Waals surface area contributed by atoms with Crippen LogP contribution in [0.15, 0.2) is 12.2 Å². The number of aliphatic hydroxyl groups is 1. The Morgan fingerprint density at radius 2 is 0.710 bits per heavy atom. The molecule has 0 aliphatic rings. The second kappa shape index (κ2) is 49.7. The molecule has 62 heavy (non-hydrogen) atoms. The normalized spacial score (nSPS) is 13.0. The Balaban J connectivity index is 3.57. The Kier molecular flexibility index (Phi) is 49.1. The van der Waals surface area contributed by atoms with Crippen LogP contribution in [0, 0.1) is 0 Å². The SMILES string of the molecule is CCCCCCCCCCC/C=C/[C@@H](O)[C@H](COP(=O)(O)O)NC(=O)CCCCCCCCCCCCCCCCCCCCCCCCCCCCCCCCCCCCC. The van der Waals surface area contributed by atoms with E-state index >= 15 is 0 Å². The van der Waals surface area contributed by atoms with Crippen molar-refractivity contribution < 1.29 is 28.8 Å². The minimum absolute atomic E-state index is 0.221. The fourth-order valence-electron chi connectivity index (χ4n) is 8.82. The number of unbranched alkanes of at least 4 members (excludes halogenated alkanes) is 43. The molecule has 0 saturated heterocycles. The number of allylic oxidation sites excluding steroid dienone is 1. The Hall–Kier alpha value is -0.720. The Morgan fingerprint density at radius 3 is 0.984 bits per heavy atom. The van der Waals surface area contributed by atoms with Gasteiger partial charge in [0, 0.05) is 6.42 Å². The average molecular weight is 898 g/mol. The molecule has 0 aromatic heterocycles. The fourth-order valence-corrected chi connectivity index (χ4v) is 9.17. The quantitative estimate of drug-likeness (QED) is 0.0275. The van der Waals surface area contributed by atoms with Gasteiger partial charge in [-0.25, -0.2) is 4.57 Å². The van der Waals surface area contributed by atoms with Crippen LogP contribution in [-0.2, 0) is 13.9 Å². The van der Waals surface area contributed by atoms with Crippen LogP contribution in [0.1, 0.15) is 309 Å². The van der Waals surface area contributed by atoms with Crippen molar-refractivity contribution in [1.82, 2.24) is 5.32 Å². The van der Waals surface area contributed by atoms with Gasteiger partial charge in [0.2, 0.25) is 5.91 Å². The molecule has 0 aliphatic heterocycles. The van der Waals surface area contributed by atoms with Crippen molar-refractivity contribution in [2.75, 3.05) is 6.61 Å². The topological polar surface area (TPSA) is 116 Å². The summed E-state index contributed by atoms with van der Waals surface area (Å²) in [6.45, 7) is 4.09. The average Bonchev–Trinajstić information content (AvgIpc) is 3.25. The number of aliphatic hydroxyl groups excluding tert-OH is 1. The van der Waals surface area contributed by atoms with Crippen LogP contribution in [-0.4, -0.2) is 39.6 Å². The highest BCUT2D eigenvalue weighted by Crippen LogP contribution is 2.36. The van der Waals surface area contributed by atoms with Gasteiger partial charge < -0.3 is 20.2 Å². The number of phosphoric acid groups is 1. The molecule has 0 aromatic rings. The minimum atomic E-state index is -4.71. The number of carbonyl (C=O) groups excluding carboxylic acids is 1. The van der Waals surface area contributed by atoms with Crippen molar-refractivity contribution in [3.05, 3.63) is 12.2 Å². The highest BCUT2D eigenvalue weighted by molar-refractivity contribution is 7.46. The highest BCUT2D eigenvalue weighted by atomic mass is 31.2. The predicted octanol–water partition coefficient (Wildman–Crippen LogP) is 17.5. The molecule has 0 rings (SSSR count). The van der Waals surface area contributed by atoms with E-state index < -0.39 is 26.6 Å². The van der Waals surface area contributed by atoms with Gasteiger partial charge in [0.1, 0.15) is 0 Å². The summed E-state index contributed by atoms with van der Waals surface area (Å²) in [6, 6.07) is -0.905. The van der Waals surface area contributed by atoms with Gasteiger partial charge in [-0.1, -0.05) is 296 Å². The first kappa shape index (κ1) is 61.3. The second-order valence-electron chi connectivity index (χ2n) is 19.3. The van der Waals surface area contributed by atoms with Crippen LogP contribution < -0.4 is 5.32 Å². The first-order valence-electron chi connectivity index (χ1n) is 27.6. The number of phosphoric ester groups is 1. The highest BCUT2D eigenvalue weighted by Gasteiger charge is 2.24. The number of hydrogen-bond donors (Lipinski definition) is 4. The minimum Gasteiger partial charge on any atom is -0.387 e. The van der Waals surface area contributed by atoms with Crippen LogP contribution in [0.5, 0.6) is 0 Å². The van der Waals surface area contributed by atoms with Gasteiger partial charge >= 0.3 is 7.82 Å². The van der Waals surface area contributed by atoms with Crippen LogP contribution in [0.25, 0.3) is 0 Å². The van der Waals surface area contributed by atoms with Crippen LogP contribution in [0.4, 0.5) is 0 Å². The molecule has 4 N–H and O–H groups in total. The lowest BCUT2D eigenvalue weighted by Crippen LogP contribution is -2.45. The van der Waals surface area contributed by atoms with Gasteiger partial charge in [-0.2, -0.15) is 0 Å². The molecule has 0 heterocycles. The van der Waals surface area contributed by atoms with E-state index in [1.807, 2.05) is 6.08 Å². The van der Waals surface area contributed by atoms with E-state index in [2.05, 4.69) is 23.7 Å². The third-order valence-corrected chi connectivity index (χ3v) is 13.5. The summed E-state index contributed by atoms with van der Waals surface area (Å²) in [4.78, 5) is 31.0. The standard InChI is InChI=1S/C54H108NO6P/c1-3-5-7-9-11-13-15-16-17-18-19-20-21-22-23-24-25-26-27-28-29-30-31-32-33-34-35-36-37-38-40-42-44-46-48-50-54(57)55-52(51-61-62(58,59)60)53(56)49-47-45-43-41-39-14-12-10-8-6-4-2/h47,49,52-53,56H,3-46,48,50-51H2,1-2H3,(H,55,57)(H2,58,59,60)/b49-47+/t52-,53+/m0/s1. The van der Waals surface area contributed by atoms with Gasteiger partial charge in [-0.15, -0.1) is 0 Å². The summed E-state index contributed by atoms with van der Waals surface area (Å²) in [5, 5.41) is 13.4. The van der Waals surface area contributed by atoms with E-state index in [1.165, 1.54) is 250 Å².